The Hall–Kier alpha value is -0.790. The van der Waals surface area contributed by atoms with Crippen molar-refractivity contribution in [2.45, 2.75) is 13.3 Å². The van der Waals surface area contributed by atoms with E-state index in [9.17, 15) is 4.79 Å². The number of amides is 1. The van der Waals surface area contributed by atoms with Crippen molar-refractivity contribution in [1.82, 2.24) is 4.90 Å². The minimum atomic E-state index is 0.112. The van der Waals surface area contributed by atoms with Gasteiger partial charge in [-0.3, -0.25) is 4.79 Å². The fraction of sp³-hybridized carbons (Fsp3) is 0.571. The van der Waals surface area contributed by atoms with Crippen LogP contribution in [0.2, 0.25) is 0 Å². The molecule has 1 heterocycles. The van der Waals surface area contributed by atoms with Gasteiger partial charge in [0.25, 0.3) is 0 Å². The van der Waals surface area contributed by atoms with Crippen LogP contribution in [0.25, 0.3) is 0 Å². The van der Waals surface area contributed by atoms with Gasteiger partial charge in [-0.25, -0.2) is 0 Å². The topological polar surface area (TPSA) is 20.3 Å². The van der Waals surface area contributed by atoms with Gasteiger partial charge in [0.1, 0.15) is 0 Å². The summed E-state index contributed by atoms with van der Waals surface area (Å²) in [6, 6.07) is 0. The molecule has 0 unspecified atom stereocenters. The molecule has 1 amide bonds. The van der Waals surface area contributed by atoms with E-state index in [4.69, 9.17) is 0 Å². The molecule has 0 bridgehead atoms. The van der Waals surface area contributed by atoms with Gasteiger partial charge in [-0.15, -0.1) is 0 Å². The lowest BCUT2D eigenvalue weighted by atomic mass is 10.2. The molecule has 1 aliphatic heterocycles. The summed E-state index contributed by atoms with van der Waals surface area (Å²) < 4.78 is 0. The second kappa shape index (κ2) is 2.21. The molecular weight excluding hydrogens is 114 g/mol. The van der Waals surface area contributed by atoms with Crippen LogP contribution >= 0.6 is 0 Å². The van der Waals surface area contributed by atoms with Crippen LogP contribution in [0.4, 0.5) is 0 Å². The molecule has 2 heteroatoms. The van der Waals surface area contributed by atoms with Gasteiger partial charge in [-0.1, -0.05) is 6.58 Å². The summed E-state index contributed by atoms with van der Waals surface area (Å²) >= 11 is 0. The molecular formula is C7H11NO. The molecule has 0 N–H and O–H groups in total. The largest absolute Gasteiger partial charge is 0.339 e. The minimum Gasteiger partial charge on any atom is -0.339 e. The summed E-state index contributed by atoms with van der Waals surface area (Å²) in [6.45, 7) is 7.16. The van der Waals surface area contributed by atoms with Crippen LogP contribution in [0.15, 0.2) is 12.2 Å². The first kappa shape index (κ1) is 6.33. The summed E-state index contributed by atoms with van der Waals surface area (Å²) in [7, 11) is 0. The van der Waals surface area contributed by atoms with E-state index in [1.807, 2.05) is 4.90 Å². The van der Waals surface area contributed by atoms with E-state index in [1.165, 1.54) is 0 Å². The lowest BCUT2D eigenvalue weighted by Gasteiger charge is -2.30. The average Bonchev–Trinajstić information content (AvgIpc) is 1.60. The van der Waals surface area contributed by atoms with Crippen molar-refractivity contribution in [2.24, 2.45) is 0 Å². The van der Waals surface area contributed by atoms with Crippen molar-refractivity contribution in [3.05, 3.63) is 12.2 Å². The van der Waals surface area contributed by atoms with Crippen molar-refractivity contribution in [1.29, 1.82) is 0 Å². The van der Waals surface area contributed by atoms with E-state index in [2.05, 4.69) is 6.58 Å². The summed E-state index contributed by atoms with van der Waals surface area (Å²) in [5, 5.41) is 0. The molecule has 1 aliphatic rings. The summed E-state index contributed by atoms with van der Waals surface area (Å²) in [6.07, 6.45) is 1.15. The third-order valence-electron chi connectivity index (χ3n) is 1.51. The second-order valence-corrected chi connectivity index (χ2v) is 2.43. The highest BCUT2D eigenvalue weighted by molar-refractivity contribution is 5.92. The van der Waals surface area contributed by atoms with Crippen LogP contribution in [0.5, 0.6) is 0 Å². The number of likely N-dealkylation sites (tertiary alicyclic amines) is 1. The Morgan fingerprint density at radius 3 is 2.22 bits per heavy atom. The Balaban J connectivity index is 2.42. The first-order chi connectivity index (χ1) is 4.22. The van der Waals surface area contributed by atoms with Crippen molar-refractivity contribution >= 4 is 5.91 Å². The molecule has 0 aromatic rings. The standard InChI is InChI=1S/C7H11NO/c1-6(2)7(9)8-4-3-5-8/h1,3-5H2,2H3. The SMILES string of the molecule is C=C(C)C(=O)N1CCC1. The molecule has 0 radical (unpaired) electrons. The van der Waals surface area contributed by atoms with E-state index in [0.717, 1.165) is 19.5 Å². The molecule has 2 nitrogen and oxygen atoms in total. The number of carbonyl (C=O) groups is 1. The molecule has 1 fully saturated rings. The van der Waals surface area contributed by atoms with E-state index < -0.39 is 0 Å². The van der Waals surface area contributed by atoms with E-state index in [1.54, 1.807) is 6.92 Å². The minimum absolute atomic E-state index is 0.112. The first-order valence-corrected chi connectivity index (χ1v) is 3.16. The van der Waals surface area contributed by atoms with Gasteiger partial charge in [0.05, 0.1) is 0 Å². The number of hydrogen-bond acceptors (Lipinski definition) is 1. The maximum absolute atomic E-state index is 11.0. The van der Waals surface area contributed by atoms with Gasteiger partial charge in [0.15, 0.2) is 0 Å². The monoisotopic (exact) mass is 125 g/mol. The lowest BCUT2D eigenvalue weighted by molar-refractivity contribution is -0.130. The summed E-state index contributed by atoms with van der Waals surface area (Å²) in [4.78, 5) is 12.8. The number of carbonyl (C=O) groups excluding carboxylic acids is 1. The predicted molar refractivity (Wildman–Crippen MR) is 36.0 cm³/mol. The average molecular weight is 125 g/mol. The van der Waals surface area contributed by atoms with E-state index >= 15 is 0 Å². The highest BCUT2D eigenvalue weighted by atomic mass is 16.2. The molecule has 0 aromatic carbocycles. The normalized spacial score (nSPS) is 16.8. The fourth-order valence-corrected chi connectivity index (χ4v) is 0.789. The predicted octanol–water partition coefficient (Wildman–Crippen LogP) is 0.795. The Morgan fingerprint density at radius 1 is 1.56 bits per heavy atom. The van der Waals surface area contributed by atoms with Crippen LogP contribution in [0.3, 0.4) is 0 Å². The van der Waals surface area contributed by atoms with Crippen LogP contribution < -0.4 is 0 Å². The Labute approximate surface area is 55.2 Å². The molecule has 1 rings (SSSR count). The van der Waals surface area contributed by atoms with Gasteiger partial charge in [-0.05, 0) is 13.3 Å². The molecule has 0 saturated carbocycles. The van der Waals surface area contributed by atoms with Crippen LogP contribution in [-0.4, -0.2) is 23.9 Å². The molecule has 0 spiro atoms. The second-order valence-electron chi connectivity index (χ2n) is 2.43. The quantitative estimate of drug-likeness (QED) is 0.474. The van der Waals surface area contributed by atoms with Crippen molar-refractivity contribution in [3.8, 4) is 0 Å². The van der Waals surface area contributed by atoms with Gasteiger partial charge < -0.3 is 4.90 Å². The highest BCUT2D eigenvalue weighted by Gasteiger charge is 2.19. The molecule has 0 atom stereocenters. The van der Waals surface area contributed by atoms with Crippen molar-refractivity contribution < 1.29 is 4.79 Å². The van der Waals surface area contributed by atoms with Crippen LogP contribution in [0.1, 0.15) is 13.3 Å². The number of nitrogens with zero attached hydrogens (tertiary/aromatic N) is 1. The van der Waals surface area contributed by atoms with Crippen LogP contribution in [-0.2, 0) is 4.79 Å². The maximum atomic E-state index is 11.0. The van der Waals surface area contributed by atoms with Crippen LogP contribution in [0, 0.1) is 0 Å². The third kappa shape index (κ3) is 1.12. The van der Waals surface area contributed by atoms with E-state index in [0.29, 0.717) is 5.57 Å². The maximum Gasteiger partial charge on any atom is 0.248 e. The van der Waals surface area contributed by atoms with Crippen molar-refractivity contribution in [2.75, 3.05) is 13.1 Å². The molecule has 50 valence electrons. The Bertz CT molecular complexity index is 147. The number of hydrogen-bond donors (Lipinski definition) is 0. The lowest BCUT2D eigenvalue weighted by Crippen LogP contribution is -2.42. The summed E-state index contributed by atoms with van der Waals surface area (Å²) in [5.74, 6) is 0.112. The zero-order valence-corrected chi connectivity index (χ0v) is 5.68. The molecule has 1 saturated heterocycles. The summed E-state index contributed by atoms with van der Waals surface area (Å²) in [5.41, 5.74) is 0.648. The van der Waals surface area contributed by atoms with Gasteiger partial charge >= 0.3 is 0 Å². The van der Waals surface area contributed by atoms with Gasteiger partial charge in [0, 0.05) is 18.7 Å². The molecule has 0 aromatic heterocycles. The van der Waals surface area contributed by atoms with E-state index in [-0.39, 0.29) is 5.91 Å². The third-order valence-corrected chi connectivity index (χ3v) is 1.51. The fourth-order valence-electron chi connectivity index (χ4n) is 0.789. The van der Waals surface area contributed by atoms with Gasteiger partial charge in [0.2, 0.25) is 5.91 Å². The zero-order chi connectivity index (χ0) is 6.85. The first-order valence-electron chi connectivity index (χ1n) is 3.16. The van der Waals surface area contributed by atoms with Crippen molar-refractivity contribution in [3.63, 3.8) is 0 Å². The smallest absolute Gasteiger partial charge is 0.248 e. The Kier molecular flexibility index (Phi) is 1.56. The Morgan fingerprint density at radius 2 is 2.11 bits per heavy atom. The zero-order valence-electron chi connectivity index (χ0n) is 5.68. The highest BCUT2D eigenvalue weighted by Crippen LogP contribution is 2.08. The molecule has 9 heavy (non-hydrogen) atoms. The number of rotatable bonds is 1. The molecule has 0 aliphatic carbocycles. The van der Waals surface area contributed by atoms with Gasteiger partial charge in [-0.2, -0.15) is 0 Å².